The van der Waals surface area contributed by atoms with Crippen molar-refractivity contribution in [2.24, 2.45) is 0 Å². The normalized spacial score (nSPS) is 10.3. The number of nitro benzene ring substituents is 1. The molecule has 7 heteroatoms. The van der Waals surface area contributed by atoms with E-state index in [-0.39, 0.29) is 16.3 Å². The Balaban J connectivity index is 2.26. The molecule has 22 heavy (non-hydrogen) atoms. The Morgan fingerprint density at radius 2 is 2.05 bits per heavy atom. The second-order valence-corrected chi connectivity index (χ2v) is 5.81. The predicted molar refractivity (Wildman–Crippen MR) is 89.6 cm³/mol. The number of hydrogen-bond acceptors (Lipinski definition) is 3. The number of carbonyl (C=O) groups is 1. The van der Waals surface area contributed by atoms with Crippen molar-refractivity contribution in [2.75, 3.05) is 5.32 Å². The number of halogens is 2. The average molecular weight is 384 g/mol. The van der Waals surface area contributed by atoms with Crippen LogP contribution in [0.3, 0.4) is 0 Å². The average Bonchev–Trinajstić information content (AvgIpc) is 2.49. The van der Waals surface area contributed by atoms with Crippen molar-refractivity contribution in [3.8, 4) is 0 Å². The molecule has 0 spiro atoms. The van der Waals surface area contributed by atoms with Crippen molar-refractivity contribution in [2.45, 2.75) is 13.3 Å². The maximum Gasteiger partial charge on any atom is 0.288 e. The van der Waals surface area contributed by atoms with Crippen molar-refractivity contribution >= 4 is 44.8 Å². The SMILES string of the molecule is CCc1ccc(NC(=O)c2ccc(Cl)c([N+](=O)[O-])c2)c(Br)c1. The highest BCUT2D eigenvalue weighted by Gasteiger charge is 2.17. The standard InChI is InChI=1S/C15H12BrClN2O3/c1-2-9-3-6-13(11(16)7-9)18-15(20)10-4-5-12(17)14(8-10)19(21)22/h3-8H,2H2,1H3,(H,18,20). The molecule has 2 aromatic carbocycles. The molecule has 0 atom stereocenters. The van der Waals surface area contributed by atoms with E-state index in [1.807, 2.05) is 19.1 Å². The summed E-state index contributed by atoms with van der Waals surface area (Å²) in [4.78, 5) is 22.5. The quantitative estimate of drug-likeness (QED) is 0.607. The van der Waals surface area contributed by atoms with Gasteiger partial charge in [-0.05, 0) is 52.2 Å². The fraction of sp³-hybridized carbons (Fsp3) is 0.133. The van der Waals surface area contributed by atoms with E-state index in [9.17, 15) is 14.9 Å². The third-order valence-corrected chi connectivity index (χ3v) is 4.07. The number of rotatable bonds is 4. The molecule has 0 radical (unpaired) electrons. The molecule has 1 amide bonds. The van der Waals surface area contributed by atoms with Crippen LogP contribution in [-0.2, 0) is 6.42 Å². The van der Waals surface area contributed by atoms with Crippen molar-refractivity contribution in [3.05, 3.63) is 67.1 Å². The van der Waals surface area contributed by atoms with Crippen LogP contribution in [0.15, 0.2) is 40.9 Å². The molecule has 2 aromatic rings. The number of nitro groups is 1. The van der Waals surface area contributed by atoms with Gasteiger partial charge in [0, 0.05) is 16.1 Å². The minimum atomic E-state index is -0.620. The summed E-state index contributed by atoms with van der Waals surface area (Å²) < 4.78 is 0.753. The second-order valence-electron chi connectivity index (χ2n) is 4.55. The van der Waals surface area contributed by atoms with Gasteiger partial charge in [0.1, 0.15) is 5.02 Å². The third kappa shape index (κ3) is 3.64. The molecular weight excluding hydrogens is 372 g/mol. The molecule has 0 saturated carbocycles. The molecule has 0 unspecified atom stereocenters. The van der Waals surface area contributed by atoms with Gasteiger partial charge >= 0.3 is 0 Å². The van der Waals surface area contributed by atoms with E-state index in [0.29, 0.717) is 5.69 Å². The zero-order valence-corrected chi connectivity index (χ0v) is 13.9. The molecule has 2 rings (SSSR count). The fourth-order valence-electron chi connectivity index (χ4n) is 1.87. The van der Waals surface area contributed by atoms with E-state index in [2.05, 4.69) is 21.2 Å². The number of aryl methyl sites for hydroxylation is 1. The highest BCUT2D eigenvalue weighted by atomic mass is 79.9. The van der Waals surface area contributed by atoms with Crippen molar-refractivity contribution in [1.29, 1.82) is 0 Å². The molecular formula is C15H12BrClN2O3. The minimum absolute atomic E-state index is 0.00460. The van der Waals surface area contributed by atoms with Crippen LogP contribution in [0.2, 0.25) is 5.02 Å². The highest BCUT2D eigenvalue weighted by Crippen LogP contribution is 2.27. The number of hydrogen-bond donors (Lipinski definition) is 1. The van der Waals surface area contributed by atoms with Crippen LogP contribution in [0.1, 0.15) is 22.8 Å². The first-order valence-corrected chi connectivity index (χ1v) is 7.63. The largest absolute Gasteiger partial charge is 0.321 e. The number of nitrogens with zero attached hydrogens (tertiary/aromatic N) is 1. The Kier molecular flexibility index (Phi) is 5.15. The molecule has 0 aromatic heterocycles. The summed E-state index contributed by atoms with van der Waals surface area (Å²) in [5, 5.41) is 13.6. The van der Waals surface area contributed by atoms with Crippen LogP contribution >= 0.6 is 27.5 Å². The molecule has 114 valence electrons. The van der Waals surface area contributed by atoms with Gasteiger partial charge in [-0.3, -0.25) is 14.9 Å². The molecule has 0 aliphatic rings. The maximum atomic E-state index is 12.2. The summed E-state index contributed by atoms with van der Waals surface area (Å²) in [5.74, 6) is -0.440. The van der Waals surface area contributed by atoms with Crippen LogP contribution in [0.4, 0.5) is 11.4 Å². The third-order valence-electron chi connectivity index (χ3n) is 3.09. The predicted octanol–water partition coefficient (Wildman–Crippen LogP) is 4.83. The Bertz CT molecular complexity index is 750. The van der Waals surface area contributed by atoms with Gasteiger partial charge in [-0.1, -0.05) is 24.6 Å². The van der Waals surface area contributed by atoms with Gasteiger partial charge in [-0.2, -0.15) is 0 Å². The van der Waals surface area contributed by atoms with Crippen LogP contribution in [0, 0.1) is 10.1 Å². The van der Waals surface area contributed by atoms with E-state index < -0.39 is 10.8 Å². The van der Waals surface area contributed by atoms with E-state index in [4.69, 9.17) is 11.6 Å². The Morgan fingerprint density at radius 1 is 1.32 bits per heavy atom. The topological polar surface area (TPSA) is 72.2 Å². The number of nitrogens with one attached hydrogen (secondary N) is 1. The Morgan fingerprint density at radius 3 is 2.64 bits per heavy atom. The molecule has 0 aliphatic heterocycles. The van der Waals surface area contributed by atoms with Gasteiger partial charge < -0.3 is 5.32 Å². The summed E-state index contributed by atoms with van der Waals surface area (Å²) in [6.07, 6.45) is 0.885. The van der Waals surface area contributed by atoms with E-state index >= 15 is 0 Å². The molecule has 0 saturated heterocycles. The molecule has 0 aliphatic carbocycles. The first kappa shape index (κ1) is 16.5. The molecule has 0 heterocycles. The summed E-state index contributed by atoms with van der Waals surface area (Å²) in [6.45, 7) is 2.03. The van der Waals surface area contributed by atoms with Crippen LogP contribution < -0.4 is 5.32 Å². The maximum absolute atomic E-state index is 12.2. The van der Waals surface area contributed by atoms with E-state index in [1.54, 1.807) is 6.07 Å². The number of carbonyl (C=O) groups excluding carboxylic acids is 1. The summed E-state index contributed by atoms with van der Waals surface area (Å²) >= 11 is 9.13. The first-order valence-electron chi connectivity index (χ1n) is 6.46. The molecule has 0 fully saturated rings. The van der Waals surface area contributed by atoms with E-state index in [1.165, 1.54) is 12.1 Å². The summed E-state index contributed by atoms with van der Waals surface area (Å²) in [7, 11) is 0. The van der Waals surface area contributed by atoms with Gasteiger partial charge in [0.25, 0.3) is 11.6 Å². The second kappa shape index (κ2) is 6.89. The van der Waals surface area contributed by atoms with Gasteiger partial charge in [-0.15, -0.1) is 0 Å². The van der Waals surface area contributed by atoms with Crippen molar-refractivity contribution in [1.82, 2.24) is 0 Å². The number of benzene rings is 2. The minimum Gasteiger partial charge on any atom is -0.321 e. The lowest BCUT2D eigenvalue weighted by Gasteiger charge is -2.09. The number of anilines is 1. The van der Waals surface area contributed by atoms with E-state index in [0.717, 1.165) is 22.5 Å². The monoisotopic (exact) mass is 382 g/mol. The summed E-state index contributed by atoms with van der Waals surface area (Å²) in [5.41, 5.74) is 1.60. The fourth-order valence-corrected chi connectivity index (χ4v) is 2.58. The molecule has 1 N–H and O–H groups in total. The first-order chi connectivity index (χ1) is 10.4. The van der Waals surface area contributed by atoms with Gasteiger partial charge in [-0.25, -0.2) is 0 Å². The van der Waals surface area contributed by atoms with Crippen LogP contribution in [0.25, 0.3) is 0 Å². The van der Waals surface area contributed by atoms with Crippen molar-refractivity contribution < 1.29 is 9.72 Å². The van der Waals surface area contributed by atoms with Crippen LogP contribution in [0.5, 0.6) is 0 Å². The smallest absolute Gasteiger partial charge is 0.288 e. The van der Waals surface area contributed by atoms with Gasteiger partial charge in [0.05, 0.1) is 10.6 Å². The molecule has 0 bridgehead atoms. The highest BCUT2D eigenvalue weighted by molar-refractivity contribution is 9.10. The lowest BCUT2D eigenvalue weighted by atomic mass is 10.1. The Labute approximate surface area is 140 Å². The Hall–Kier alpha value is -1.92. The summed E-state index contributed by atoms with van der Waals surface area (Å²) in [6, 6.07) is 9.55. The van der Waals surface area contributed by atoms with Crippen LogP contribution in [-0.4, -0.2) is 10.8 Å². The lowest BCUT2D eigenvalue weighted by Crippen LogP contribution is -2.12. The van der Waals surface area contributed by atoms with Gasteiger partial charge in [0.2, 0.25) is 0 Å². The zero-order chi connectivity index (χ0) is 16.3. The number of amides is 1. The van der Waals surface area contributed by atoms with Crippen molar-refractivity contribution in [3.63, 3.8) is 0 Å². The zero-order valence-electron chi connectivity index (χ0n) is 11.6. The van der Waals surface area contributed by atoms with Gasteiger partial charge in [0.15, 0.2) is 0 Å². The lowest BCUT2D eigenvalue weighted by molar-refractivity contribution is -0.384. The molecule has 5 nitrogen and oxygen atoms in total.